The van der Waals surface area contributed by atoms with Crippen molar-refractivity contribution in [2.24, 2.45) is 0 Å². The second-order valence-electron chi connectivity index (χ2n) is 3.47. The van der Waals surface area contributed by atoms with Crippen LogP contribution in [0.15, 0.2) is 12.3 Å². The highest BCUT2D eigenvalue weighted by Crippen LogP contribution is 2.00. The Morgan fingerprint density at radius 2 is 1.93 bits per heavy atom. The van der Waals surface area contributed by atoms with Crippen molar-refractivity contribution >= 4 is 11.8 Å². The molecule has 0 fully saturated rings. The molecule has 0 aromatic heterocycles. The minimum absolute atomic E-state index is 0.0364. The van der Waals surface area contributed by atoms with Crippen molar-refractivity contribution in [3.8, 4) is 0 Å². The van der Waals surface area contributed by atoms with Gasteiger partial charge in [-0.05, 0) is 18.9 Å². The molecule has 0 aromatic rings. The molecule has 0 aliphatic rings. The predicted molar refractivity (Wildman–Crippen MR) is 59.3 cm³/mol. The first kappa shape index (κ1) is 13.9. The summed E-state index contributed by atoms with van der Waals surface area (Å²) in [4.78, 5) is 22.3. The monoisotopic (exact) mass is 212 g/mol. The van der Waals surface area contributed by atoms with E-state index in [4.69, 9.17) is 4.74 Å². The van der Waals surface area contributed by atoms with Crippen LogP contribution in [0.3, 0.4) is 0 Å². The second-order valence-corrected chi connectivity index (χ2v) is 3.47. The molecule has 0 atom stereocenters. The Labute approximate surface area is 91.5 Å². The van der Waals surface area contributed by atoms with Gasteiger partial charge in [0.1, 0.15) is 12.2 Å². The number of hydrogen-bond acceptors (Lipinski definition) is 3. The summed E-state index contributed by atoms with van der Waals surface area (Å²) in [6.45, 7) is 4.06. The van der Waals surface area contributed by atoms with Crippen LogP contribution in [-0.2, 0) is 14.3 Å². The number of hydrogen-bond donors (Lipinski definition) is 0. The Kier molecular flexibility index (Phi) is 8.73. The first-order chi connectivity index (χ1) is 7.20. The number of carbonyl (C=O) groups excluding carboxylic acids is 2. The van der Waals surface area contributed by atoms with Gasteiger partial charge in [-0.1, -0.05) is 26.7 Å². The lowest BCUT2D eigenvalue weighted by Gasteiger charge is -1.98. The maximum absolute atomic E-state index is 11.2. The number of unbranched alkanes of at least 4 members (excludes halogenated alkanes) is 2. The largest absolute Gasteiger partial charge is 0.435 e. The fourth-order valence-electron chi connectivity index (χ4n) is 1.02. The van der Waals surface area contributed by atoms with Crippen LogP contribution in [0.5, 0.6) is 0 Å². The van der Waals surface area contributed by atoms with Crippen molar-refractivity contribution in [2.75, 3.05) is 0 Å². The van der Waals surface area contributed by atoms with Crippen molar-refractivity contribution < 1.29 is 14.3 Å². The summed E-state index contributed by atoms with van der Waals surface area (Å²) < 4.78 is 4.75. The Morgan fingerprint density at radius 1 is 1.20 bits per heavy atom. The molecule has 0 aliphatic heterocycles. The highest BCUT2D eigenvalue weighted by atomic mass is 16.5. The van der Waals surface area contributed by atoms with Crippen molar-refractivity contribution in [3.63, 3.8) is 0 Å². The third kappa shape index (κ3) is 9.19. The second kappa shape index (κ2) is 9.44. The van der Waals surface area contributed by atoms with Gasteiger partial charge in [-0.2, -0.15) is 0 Å². The average molecular weight is 212 g/mol. The fraction of sp³-hybridized carbons (Fsp3) is 0.667. The van der Waals surface area contributed by atoms with E-state index in [2.05, 4.69) is 0 Å². The third-order valence-electron chi connectivity index (χ3n) is 1.90. The van der Waals surface area contributed by atoms with Gasteiger partial charge < -0.3 is 4.74 Å². The first-order valence-electron chi connectivity index (χ1n) is 5.56. The molecule has 0 rings (SSSR count). The molecule has 0 aliphatic carbocycles. The van der Waals surface area contributed by atoms with Crippen LogP contribution >= 0.6 is 0 Å². The van der Waals surface area contributed by atoms with Crippen LogP contribution in [0, 0.1) is 0 Å². The molecule has 3 nitrogen and oxygen atoms in total. The molecular formula is C12H20O3. The lowest BCUT2D eigenvalue weighted by molar-refractivity contribution is -0.141. The van der Waals surface area contributed by atoms with E-state index in [1.54, 1.807) is 6.08 Å². The molecule has 0 N–H and O–H groups in total. The van der Waals surface area contributed by atoms with E-state index in [0.29, 0.717) is 6.42 Å². The van der Waals surface area contributed by atoms with Gasteiger partial charge in [0, 0.05) is 6.42 Å². The van der Waals surface area contributed by atoms with E-state index in [1.807, 2.05) is 13.8 Å². The number of allylic oxidation sites excluding steroid dienone is 1. The van der Waals surface area contributed by atoms with Crippen LogP contribution in [0.1, 0.15) is 52.4 Å². The lowest BCUT2D eigenvalue weighted by atomic mass is 10.1. The summed E-state index contributed by atoms with van der Waals surface area (Å²) in [5.74, 6) is -0.491. The van der Waals surface area contributed by atoms with Crippen molar-refractivity contribution in [1.29, 1.82) is 0 Å². The minimum Gasteiger partial charge on any atom is -0.435 e. The van der Waals surface area contributed by atoms with Crippen molar-refractivity contribution in [2.45, 2.75) is 52.4 Å². The standard InChI is InChI=1S/C12H20O3/c1-3-5-7-9-15-12(14)10-11(13)8-6-4-2/h7,9H,3-6,8,10H2,1-2H3. The number of carbonyl (C=O) groups is 2. The summed E-state index contributed by atoms with van der Waals surface area (Å²) in [6.07, 6.45) is 7.25. The zero-order chi connectivity index (χ0) is 11.5. The summed E-state index contributed by atoms with van der Waals surface area (Å²) in [7, 11) is 0. The topological polar surface area (TPSA) is 43.4 Å². The molecule has 0 heterocycles. The van der Waals surface area contributed by atoms with Gasteiger partial charge >= 0.3 is 5.97 Å². The SMILES string of the molecule is CCCC=COC(=O)CC(=O)CCCC. The van der Waals surface area contributed by atoms with Gasteiger partial charge in [0.15, 0.2) is 0 Å². The maximum Gasteiger partial charge on any atom is 0.318 e. The van der Waals surface area contributed by atoms with Gasteiger partial charge in [0.05, 0.1) is 6.26 Å². The van der Waals surface area contributed by atoms with E-state index < -0.39 is 5.97 Å². The summed E-state index contributed by atoms with van der Waals surface area (Å²) >= 11 is 0. The molecule has 0 radical (unpaired) electrons. The molecule has 15 heavy (non-hydrogen) atoms. The fourth-order valence-corrected chi connectivity index (χ4v) is 1.02. The molecule has 0 amide bonds. The quantitative estimate of drug-likeness (QED) is 0.353. The van der Waals surface area contributed by atoms with Crippen LogP contribution in [0.25, 0.3) is 0 Å². The Balaban J connectivity index is 3.59. The van der Waals surface area contributed by atoms with Crippen molar-refractivity contribution in [3.05, 3.63) is 12.3 Å². The maximum atomic E-state index is 11.2. The summed E-state index contributed by atoms with van der Waals surface area (Å²) in [5.41, 5.74) is 0. The van der Waals surface area contributed by atoms with Crippen molar-refractivity contribution in [1.82, 2.24) is 0 Å². The van der Waals surface area contributed by atoms with Gasteiger partial charge in [-0.3, -0.25) is 9.59 Å². The van der Waals surface area contributed by atoms with Crippen LogP contribution in [-0.4, -0.2) is 11.8 Å². The third-order valence-corrected chi connectivity index (χ3v) is 1.90. The molecule has 0 saturated carbocycles. The predicted octanol–water partition coefficient (Wildman–Crippen LogP) is 2.99. The van der Waals surface area contributed by atoms with Gasteiger partial charge in [-0.25, -0.2) is 0 Å². The molecule has 0 aromatic carbocycles. The molecular weight excluding hydrogens is 192 g/mol. The number of Topliss-reactive ketones (excluding diaryl/α,β-unsaturated/α-hetero) is 1. The van der Waals surface area contributed by atoms with Gasteiger partial charge in [0.25, 0.3) is 0 Å². The normalized spacial score (nSPS) is 10.5. The zero-order valence-corrected chi connectivity index (χ0v) is 9.62. The van der Waals surface area contributed by atoms with Gasteiger partial charge in [-0.15, -0.1) is 0 Å². The number of ether oxygens (including phenoxy) is 1. The Morgan fingerprint density at radius 3 is 2.53 bits per heavy atom. The Hall–Kier alpha value is -1.12. The van der Waals surface area contributed by atoms with E-state index in [-0.39, 0.29) is 12.2 Å². The molecule has 0 saturated heterocycles. The number of ketones is 1. The summed E-state index contributed by atoms with van der Waals surface area (Å²) in [6, 6.07) is 0. The molecule has 86 valence electrons. The van der Waals surface area contributed by atoms with Gasteiger partial charge in [0.2, 0.25) is 0 Å². The highest BCUT2D eigenvalue weighted by molar-refractivity contribution is 5.95. The van der Waals surface area contributed by atoms with Crippen LogP contribution in [0.2, 0.25) is 0 Å². The van der Waals surface area contributed by atoms with E-state index in [1.165, 1.54) is 6.26 Å². The summed E-state index contributed by atoms with van der Waals surface area (Å²) in [5, 5.41) is 0. The molecule has 3 heteroatoms. The van der Waals surface area contributed by atoms with Crippen LogP contribution < -0.4 is 0 Å². The first-order valence-corrected chi connectivity index (χ1v) is 5.56. The lowest BCUT2D eigenvalue weighted by Crippen LogP contribution is -2.08. The number of esters is 1. The average Bonchev–Trinajstić information content (AvgIpc) is 2.21. The van der Waals surface area contributed by atoms with E-state index in [9.17, 15) is 9.59 Å². The Bertz CT molecular complexity index is 219. The number of rotatable bonds is 8. The van der Waals surface area contributed by atoms with E-state index in [0.717, 1.165) is 25.7 Å². The molecule has 0 spiro atoms. The molecule has 0 bridgehead atoms. The minimum atomic E-state index is -0.455. The zero-order valence-electron chi connectivity index (χ0n) is 9.62. The smallest absolute Gasteiger partial charge is 0.318 e. The van der Waals surface area contributed by atoms with Crippen LogP contribution in [0.4, 0.5) is 0 Å². The molecule has 0 unspecified atom stereocenters. The highest BCUT2D eigenvalue weighted by Gasteiger charge is 2.08. The van der Waals surface area contributed by atoms with E-state index >= 15 is 0 Å².